The molecular weight excluding hydrogens is 365 g/mol. The average Bonchev–Trinajstić information content (AvgIpc) is 3.37. The number of benzene rings is 1. The van der Waals surface area contributed by atoms with Gasteiger partial charge in [-0.15, -0.1) is 0 Å². The summed E-state index contributed by atoms with van der Waals surface area (Å²) in [5.74, 6) is -0.190. The molecule has 7 heteroatoms. The SMILES string of the molecule is Cc1ccc(Nc2sc3ncc(C)cc3c2C(=O)NOCC2CC2)c(F)c1. The molecule has 27 heavy (non-hydrogen) atoms. The molecule has 5 nitrogen and oxygen atoms in total. The van der Waals surface area contributed by atoms with Crippen LogP contribution in [0.5, 0.6) is 0 Å². The van der Waals surface area contributed by atoms with Crippen LogP contribution >= 0.6 is 11.3 Å². The number of aryl methyl sites for hydroxylation is 2. The summed E-state index contributed by atoms with van der Waals surface area (Å²) in [6.07, 6.45) is 4.03. The minimum Gasteiger partial charge on any atom is -0.344 e. The fraction of sp³-hybridized carbons (Fsp3) is 0.300. The number of fused-ring (bicyclic) bond motifs is 1. The van der Waals surface area contributed by atoms with Gasteiger partial charge in [0.2, 0.25) is 0 Å². The van der Waals surface area contributed by atoms with Gasteiger partial charge in [-0.2, -0.15) is 0 Å². The minimum atomic E-state index is -0.368. The third kappa shape index (κ3) is 3.94. The van der Waals surface area contributed by atoms with Crippen molar-refractivity contribution in [3.05, 3.63) is 53.0 Å². The van der Waals surface area contributed by atoms with Crippen LogP contribution in [0.1, 0.15) is 34.3 Å². The molecule has 1 aliphatic carbocycles. The molecule has 140 valence electrons. The predicted octanol–water partition coefficient (Wildman–Crippen LogP) is 4.87. The molecule has 3 aromatic rings. The highest BCUT2D eigenvalue weighted by Gasteiger charge is 2.24. The van der Waals surface area contributed by atoms with E-state index >= 15 is 0 Å². The molecule has 0 saturated heterocycles. The molecular formula is C20H20FN3O2S. The first-order valence-electron chi connectivity index (χ1n) is 8.85. The van der Waals surface area contributed by atoms with Crippen molar-refractivity contribution in [3.63, 3.8) is 0 Å². The zero-order valence-electron chi connectivity index (χ0n) is 15.1. The van der Waals surface area contributed by atoms with Gasteiger partial charge < -0.3 is 5.32 Å². The Morgan fingerprint density at radius 1 is 1.30 bits per heavy atom. The number of hydroxylamine groups is 1. The maximum absolute atomic E-state index is 14.3. The molecule has 1 amide bonds. The average molecular weight is 385 g/mol. The number of amides is 1. The van der Waals surface area contributed by atoms with Gasteiger partial charge in [0.05, 0.1) is 17.9 Å². The Morgan fingerprint density at radius 2 is 2.11 bits per heavy atom. The van der Waals surface area contributed by atoms with Crippen molar-refractivity contribution >= 4 is 38.1 Å². The maximum Gasteiger partial charge on any atom is 0.278 e. The van der Waals surface area contributed by atoms with Crippen LogP contribution in [0.4, 0.5) is 15.1 Å². The summed E-state index contributed by atoms with van der Waals surface area (Å²) in [5, 5.41) is 4.32. The van der Waals surface area contributed by atoms with Crippen molar-refractivity contribution in [2.45, 2.75) is 26.7 Å². The summed E-state index contributed by atoms with van der Waals surface area (Å²) in [7, 11) is 0. The Hall–Kier alpha value is -2.51. The van der Waals surface area contributed by atoms with Crippen molar-refractivity contribution in [3.8, 4) is 0 Å². The number of carbonyl (C=O) groups is 1. The second kappa shape index (κ2) is 7.25. The summed E-state index contributed by atoms with van der Waals surface area (Å²) in [4.78, 5) is 23.3. The molecule has 0 atom stereocenters. The molecule has 2 heterocycles. The van der Waals surface area contributed by atoms with Gasteiger partial charge in [-0.25, -0.2) is 14.9 Å². The van der Waals surface area contributed by atoms with Crippen molar-refractivity contribution in [1.82, 2.24) is 10.5 Å². The molecule has 1 fully saturated rings. The van der Waals surface area contributed by atoms with Crippen molar-refractivity contribution in [2.24, 2.45) is 5.92 Å². The molecule has 1 saturated carbocycles. The number of thiophene rings is 1. The second-order valence-electron chi connectivity index (χ2n) is 6.97. The number of pyridine rings is 1. The van der Waals surface area contributed by atoms with E-state index in [-0.39, 0.29) is 11.7 Å². The lowest BCUT2D eigenvalue weighted by molar-refractivity contribution is 0.0272. The van der Waals surface area contributed by atoms with E-state index in [0.717, 1.165) is 29.4 Å². The fourth-order valence-electron chi connectivity index (χ4n) is 2.80. The highest BCUT2D eigenvalue weighted by atomic mass is 32.1. The van der Waals surface area contributed by atoms with E-state index < -0.39 is 0 Å². The van der Waals surface area contributed by atoms with Crippen LogP contribution in [0, 0.1) is 25.6 Å². The number of anilines is 2. The topological polar surface area (TPSA) is 63.2 Å². The fourth-order valence-corrected chi connectivity index (χ4v) is 3.84. The molecule has 0 unspecified atom stereocenters. The van der Waals surface area contributed by atoms with Crippen LogP contribution in [0.15, 0.2) is 30.5 Å². The van der Waals surface area contributed by atoms with Gasteiger partial charge in [-0.3, -0.25) is 9.63 Å². The standard InChI is InChI=1S/C20H20FN3O2S/c1-11-3-6-16(15(21)8-11)23-20-17(18(25)24-26-10-13-4-5-13)14-7-12(2)9-22-19(14)27-20/h3,6-9,13,23H,4-5,10H2,1-2H3,(H,24,25). The van der Waals surface area contributed by atoms with Gasteiger partial charge in [0.15, 0.2) is 0 Å². The lowest BCUT2D eigenvalue weighted by atomic mass is 10.1. The molecule has 0 radical (unpaired) electrons. The summed E-state index contributed by atoms with van der Waals surface area (Å²) in [6, 6.07) is 6.85. The molecule has 4 rings (SSSR count). The monoisotopic (exact) mass is 385 g/mol. The van der Waals surface area contributed by atoms with Crippen molar-refractivity contribution in [1.29, 1.82) is 0 Å². The second-order valence-corrected chi connectivity index (χ2v) is 7.96. The molecule has 2 N–H and O–H groups in total. The first kappa shape index (κ1) is 17.9. The number of rotatable bonds is 6. The molecule has 2 aromatic heterocycles. The zero-order valence-corrected chi connectivity index (χ0v) is 16.0. The van der Waals surface area contributed by atoms with Crippen LogP contribution < -0.4 is 10.8 Å². The highest BCUT2D eigenvalue weighted by molar-refractivity contribution is 7.23. The normalized spacial score (nSPS) is 13.7. The largest absolute Gasteiger partial charge is 0.344 e. The van der Waals surface area contributed by atoms with Gasteiger partial charge in [-0.1, -0.05) is 17.4 Å². The van der Waals surface area contributed by atoms with Gasteiger partial charge in [0, 0.05) is 11.6 Å². The molecule has 1 aromatic carbocycles. The Balaban J connectivity index is 1.68. The summed E-state index contributed by atoms with van der Waals surface area (Å²) in [5.41, 5.74) is 5.04. The van der Waals surface area contributed by atoms with E-state index in [2.05, 4.69) is 15.8 Å². The van der Waals surface area contributed by atoms with E-state index in [1.165, 1.54) is 17.4 Å². The zero-order chi connectivity index (χ0) is 19.0. The molecule has 0 bridgehead atoms. The quantitative estimate of drug-likeness (QED) is 0.595. The molecule has 1 aliphatic rings. The first-order valence-corrected chi connectivity index (χ1v) is 9.67. The number of halogens is 1. The predicted molar refractivity (Wildman–Crippen MR) is 105 cm³/mol. The van der Waals surface area contributed by atoms with Crippen LogP contribution in [0.2, 0.25) is 0 Å². The van der Waals surface area contributed by atoms with Gasteiger partial charge in [0.1, 0.15) is 15.6 Å². The van der Waals surface area contributed by atoms with E-state index in [0.29, 0.717) is 33.6 Å². The third-order valence-electron chi connectivity index (χ3n) is 4.46. The van der Waals surface area contributed by atoms with Gasteiger partial charge >= 0.3 is 0 Å². The number of hydrogen-bond donors (Lipinski definition) is 2. The number of nitrogens with one attached hydrogen (secondary N) is 2. The van der Waals surface area contributed by atoms with Gasteiger partial charge in [0.25, 0.3) is 5.91 Å². The summed E-state index contributed by atoms with van der Waals surface area (Å²) in [6.45, 7) is 4.26. The minimum absolute atomic E-state index is 0.317. The number of hydrogen-bond acceptors (Lipinski definition) is 5. The lowest BCUT2D eigenvalue weighted by Crippen LogP contribution is -2.25. The van der Waals surface area contributed by atoms with E-state index in [4.69, 9.17) is 4.84 Å². The number of aromatic nitrogens is 1. The van der Waals surface area contributed by atoms with Crippen LogP contribution in [0.25, 0.3) is 10.2 Å². The Bertz CT molecular complexity index is 1010. The van der Waals surface area contributed by atoms with E-state index in [1.807, 2.05) is 26.0 Å². The van der Waals surface area contributed by atoms with Crippen LogP contribution in [0.3, 0.4) is 0 Å². The summed E-state index contributed by atoms with van der Waals surface area (Å²) < 4.78 is 14.3. The maximum atomic E-state index is 14.3. The van der Waals surface area contributed by atoms with Crippen LogP contribution in [-0.4, -0.2) is 17.5 Å². The van der Waals surface area contributed by atoms with Crippen LogP contribution in [-0.2, 0) is 4.84 Å². The smallest absolute Gasteiger partial charge is 0.278 e. The lowest BCUT2D eigenvalue weighted by Gasteiger charge is -2.10. The molecule has 0 aliphatic heterocycles. The van der Waals surface area contributed by atoms with E-state index in [1.54, 1.807) is 12.3 Å². The van der Waals surface area contributed by atoms with Gasteiger partial charge in [-0.05, 0) is 61.9 Å². The van der Waals surface area contributed by atoms with Crippen molar-refractivity contribution in [2.75, 3.05) is 11.9 Å². The number of nitrogens with zero attached hydrogens (tertiary/aromatic N) is 1. The Labute approximate surface area is 160 Å². The van der Waals surface area contributed by atoms with E-state index in [9.17, 15) is 9.18 Å². The Kier molecular flexibility index (Phi) is 4.80. The van der Waals surface area contributed by atoms with Crippen molar-refractivity contribution < 1.29 is 14.0 Å². The first-order chi connectivity index (χ1) is 13.0. The molecule has 0 spiro atoms. The third-order valence-corrected chi connectivity index (χ3v) is 5.49. The number of carbonyl (C=O) groups excluding carboxylic acids is 1. The highest BCUT2D eigenvalue weighted by Crippen LogP contribution is 2.37. The Morgan fingerprint density at radius 3 is 2.85 bits per heavy atom. The summed E-state index contributed by atoms with van der Waals surface area (Å²) >= 11 is 1.32.